The first kappa shape index (κ1) is 18.1. The lowest BCUT2D eigenvalue weighted by Gasteiger charge is -2.18. The van der Waals surface area contributed by atoms with Crippen molar-refractivity contribution in [2.75, 3.05) is 30.9 Å². The van der Waals surface area contributed by atoms with Crippen LogP contribution in [0, 0.1) is 6.92 Å². The van der Waals surface area contributed by atoms with Crippen molar-refractivity contribution >= 4 is 29.3 Å². The predicted octanol–water partition coefficient (Wildman–Crippen LogP) is 3.04. The van der Waals surface area contributed by atoms with Crippen molar-refractivity contribution in [1.29, 1.82) is 0 Å². The minimum atomic E-state index is -0.455. The Labute approximate surface area is 155 Å². The van der Waals surface area contributed by atoms with Gasteiger partial charge in [-0.2, -0.15) is 0 Å². The van der Waals surface area contributed by atoms with E-state index in [1.807, 2.05) is 37.3 Å². The molecule has 0 saturated carbocycles. The molecule has 3 rings (SSSR count). The van der Waals surface area contributed by atoms with Crippen LogP contribution in [0.5, 0.6) is 11.5 Å². The van der Waals surface area contributed by atoms with Gasteiger partial charge in [0.25, 0.3) is 5.91 Å². The molecule has 0 radical (unpaired) electrons. The van der Waals surface area contributed by atoms with Crippen LogP contribution in [0.15, 0.2) is 47.4 Å². The second-order valence-electron chi connectivity index (χ2n) is 5.67. The van der Waals surface area contributed by atoms with Crippen LogP contribution in [0.4, 0.5) is 5.69 Å². The fraction of sp³-hybridized carbons (Fsp3) is 0.263. The summed E-state index contributed by atoms with van der Waals surface area (Å²) in [5.41, 5.74) is 1.77. The number of amides is 1. The van der Waals surface area contributed by atoms with E-state index in [9.17, 15) is 9.59 Å². The third kappa shape index (κ3) is 5.16. The Hall–Kier alpha value is -2.67. The molecular weight excluding hydrogens is 354 g/mol. The molecule has 2 aromatic carbocycles. The Morgan fingerprint density at radius 3 is 2.58 bits per heavy atom. The quantitative estimate of drug-likeness (QED) is 0.620. The second-order valence-corrected chi connectivity index (χ2v) is 6.72. The third-order valence-corrected chi connectivity index (χ3v) is 4.54. The Morgan fingerprint density at radius 1 is 1.08 bits per heavy atom. The first-order valence-corrected chi connectivity index (χ1v) is 9.13. The fourth-order valence-corrected chi connectivity index (χ4v) is 3.00. The summed E-state index contributed by atoms with van der Waals surface area (Å²) in [7, 11) is 0. The third-order valence-electron chi connectivity index (χ3n) is 3.57. The molecule has 2 aromatic rings. The zero-order valence-electron chi connectivity index (χ0n) is 14.3. The average Bonchev–Trinajstić information content (AvgIpc) is 2.66. The van der Waals surface area contributed by atoms with Gasteiger partial charge in [0.1, 0.15) is 13.2 Å². The van der Waals surface area contributed by atoms with Crippen molar-refractivity contribution < 1.29 is 23.8 Å². The summed E-state index contributed by atoms with van der Waals surface area (Å²) in [4.78, 5) is 24.5. The van der Waals surface area contributed by atoms with Gasteiger partial charge in [0.05, 0.1) is 5.75 Å². The Balaban J connectivity index is 1.41. The molecule has 26 heavy (non-hydrogen) atoms. The molecule has 0 atom stereocenters. The van der Waals surface area contributed by atoms with E-state index in [1.54, 1.807) is 12.1 Å². The van der Waals surface area contributed by atoms with Gasteiger partial charge in [-0.3, -0.25) is 9.59 Å². The molecule has 1 aliphatic rings. The minimum absolute atomic E-state index is 0.109. The first-order valence-electron chi connectivity index (χ1n) is 8.15. The highest BCUT2D eigenvalue weighted by molar-refractivity contribution is 8.00. The zero-order valence-corrected chi connectivity index (χ0v) is 15.1. The zero-order chi connectivity index (χ0) is 18.4. The van der Waals surface area contributed by atoms with E-state index in [2.05, 4.69) is 5.32 Å². The van der Waals surface area contributed by atoms with Crippen molar-refractivity contribution in [3.8, 4) is 11.5 Å². The molecule has 0 aliphatic carbocycles. The maximum Gasteiger partial charge on any atom is 0.316 e. The summed E-state index contributed by atoms with van der Waals surface area (Å²) in [6.45, 7) is 2.71. The Morgan fingerprint density at radius 2 is 1.81 bits per heavy atom. The molecule has 0 aromatic heterocycles. The predicted molar refractivity (Wildman–Crippen MR) is 98.9 cm³/mol. The van der Waals surface area contributed by atoms with E-state index >= 15 is 0 Å². The molecule has 0 fully saturated rings. The molecule has 0 spiro atoms. The van der Waals surface area contributed by atoms with Crippen LogP contribution in [0.1, 0.15) is 5.56 Å². The molecule has 1 amide bonds. The lowest BCUT2D eigenvalue weighted by molar-refractivity contribution is -0.144. The van der Waals surface area contributed by atoms with Crippen molar-refractivity contribution in [3.63, 3.8) is 0 Å². The van der Waals surface area contributed by atoms with Gasteiger partial charge >= 0.3 is 5.97 Å². The SMILES string of the molecule is Cc1ccc(NC(=O)COC(=O)CSc2ccc3c(c2)OCCO3)cc1. The van der Waals surface area contributed by atoms with E-state index < -0.39 is 5.97 Å². The Kier molecular flexibility index (Phi) is 6.01. The molecular formula is C19H19NO5S. The van der Waals surface area contributed by atoms with E-state index in [4.69, 9.17) is 14.2 Å². The highest BCUT2D eigenvalue weighted by atomic mass is 32.2. The van der Waals surface area contributed by atoms with Crippen LogP contribution in [-0.4, -0.2) is 37.4 Å². The van der Waals surface area contributed by atoms with Crippen molar-refractivity contribution in [3.05, 3.63) is 48.0 Å². The van der Waals surface area contributed by atoms with Crippen LogP contribution in [-0.2, 0) is 14.3 Å². The van der Waals surface area contributed by atoms with E-state index in [1.165, 1.54) is 11.8 Å². The molecule has 1 heterocycles. The molecule has 1 N–H and O–H groups in total. The number of nitrogens with one attached hydrogen (secondary N) is 1. The Bertz CT molecular complexity index is 791. The second kappa shape index (κ2) is 8.62. The largest absolute Gasteiger partial charge is 0.486 e. The first-order chi connectivity index (χ1) is 12.6. The van der Waals surface area contributed by atoms with Crippen molar-refractivity contribution in [1.82, 2.24) is 0 Å². The monoisotopic (exact) mass is 373 g/mol. The highest BCUT2D eigenvalue weighted by Gasteiger charge is 2.13. The van der Waals surface area contributed by atoms with Gasteiger partial charge in [0.2, 0.25) is 0 Å². The minimum Gasteiger partial charge on any atom is -0.486 e. The van der Waals surface area contributed by atoms with Gasteiger partial charge in [-0.15, -0.1) is 11.8 Å². The van der Waals surface area contributed by atoms with Crippen LogP contribution in [0.3, 0.4) is 0 Å². The van der Waals surface area contributed by atoms with Crippen LogP contribution >= 0.6 is 11.8 Å². The van der Waals surface area contributed by atoms with Crippen molar-refractivity contribution in [2.45, 2.75) is 11.8 Å². The number of hydrogen-bond acceptors (Lipinski definition) is 6. The molecule has 0 unspecified atom stereocenters. The van der Waals surface area contributed by atoms with Gasteiger partial charge in [0, 0.05) is 10.6 Å². The molecule has 0 saturated heterocycles. The maximum atomic E-state index is 11.8. The molecule has 7 heteroatoms. The molecule has 6 nitrogen and oxygen atoms in total. The topological polar surface area (TPSA) is 73.9 Å². The number of rotatable bonds is 6. The van der Waals surface area contributed by atoms with Crippen LogP contribution in [0.25, 0.3) is 0 Å². The molecule has 0 bridgehead atoms. The van der Waals surface area contributed by atoms with E-state index in [0.717, 1.165) is 10.5 Å². The number of thioether (sulfide) groups is 1. The van der Waals surface area contributed by atoms with Gasteiger partial charge < -0.3 is 19.5 Å². The standard InChI is InChI=1S/C19H19NO5S/c1-13-2-4-14(5-3-13)20-18(21)11-25-19(22)12-26-15-6-7-16-17(10-15)24-9-8-23-16/h2-7,10H,8-9,11-12H2,1H3,(H,20,21). The van der Waals surface area contributed by atoms with E-state index in [0.29, 0.717) is 30.4 Å². The van der Waals surface area contributed by atoms with Gasteiger partial charge in [-0.1, -0.05) is 17.7 Å². The summed E-state index contributed by atoms with van der Waals surface area (Å²) in [5, 5.41) is 2.68. The lowest BCUT2D eigenvalue weighted by Crippen LogP contribution is -2.21. The summed E-state index contributed by atoms with van der Waals surface area (Å²) >= 11 is 1.32. The van der Waals surface area contributed by atoms with Gasteiger partial charge in [-0.05, 0) is 37.3 Å². The lowest BCUT2D eigenvalue weighted by atomic mass is 10.2. The number of esters is 1. The van der Waals surface area contributed by atoms with Crippen LogP contribution < -0.4 is 14.8 Å². The fourth-order valence-electron chi connectivity index (χ4n) is 2.28. The number of anilines is 1. The molecule has 1 aliphatic heterocycles. The summed E-state index contributed by atoms with van der Waals surface area (Å²) in [6.07, 6.45) is 0. The number of carbonyl (C=O) groups is 2. The smallest absolute Gasteiger partial charge is 0.316 e. The van der Waals surface area contributed by atoms with Crippen molar-refractivity contribution in [2.24, 2.45) is 0 Å². The van der Waals surface area contributed by atoms with E-state index in [-0.39, 0.29) is 18.3 Å². The summed E-state index contributed by atoms with van der Waals surface area (Å²) < 4.78 is 16.0. The average molecular weight is 373 g/mol. The van der Waals surface area contributed by atoms with Crippen LogP contribution in [0.2, 0.25) is 0 Å². The maximum absolute atomic E-state index is 11.8. The van der Waals surface area contributed by atoms with Gasteiger partial charge in [-0.25, -0.2) is 0 Å². The number of fused-ring (bicyclic) bond motifs is 1. The molecule has 136 valence electrons. The number of benzene rings is 2. The number of ether oxygens (including phenoxy) is 3. The highest BCUT2D eigenvalue weighted by Crippen LogP contribution is 2.34. The number of aryl methyl sites for hydroxylation is 1. The number of carbonyl (C=O) groups excluding carboxylic acids is 2. The summed E-state index contributed by atoms with van der Waals surface area (Å²) in [6, 6.07) is 12.9. The normalized spacial score (nSPS) is 12.3. The summed E-state index contributed by atoms with van der Waals surface area (Å²) in [5.74, 6) is 0.663. The number of hydrogen-bond donors (Lipinski definition) is 1. The van der Waals surface area contributed by atoms with Gasteiger partial charge in [0.15, 0.2) is 18.1 Å².